The second kappa shape index (κ2) is 8.99. The van der Waals surface area contributed by atoms with E-state index in [0.29, 0.717) is 43.1 Å². The maximum Gasteiger partial charge on any atom is 0.316 e. The van der Waals surface area contributed by atoms with Crippen LogP contribution in [0.3, 0.4) is 0 Å². The molecule has 0 bridgehead atoms. The Morgan fingerprint density at radius 1 is 1.36 bits per heavy atom. The summed E-state index contributed by atoms with van der Waals surface area (Å²) in [5, 5.41) is 5.58. The minimum atomic E-state index is -2.56. The lowest BCUT2D eigenvalue weighted by Crippen LogP contribution is -2.48. The molecule has 1 aromatic carbocycles. The van der Waals surface area contributed by atoms with E-state index in [-0.39, 0.29) is 11.0 Å². The number of morpholine rings is 1. The molecule has 1 saturated heterocycles. The number of rotatable bonds is 4. The number of benzene rings is 1. The summed E-state index contributed by atoms with van der Waals surface area (Å²) in [5.74, 6) is -0.292. The Hall–Kier alpha value is -1.88. The SMILES string of the molecule is CNC(=S)NC(=O)C(c1ccc(C)c(N=S(=O)=O)c1)N1CCOCC1. The van der Waals surface area contributed by atoms with Gasteiger partial charge in [0.1, 0.15) is 6.04 Å². The lowest BCUT2D eigenvalue weighted by molar-refractivity contribution is -0.127. The van der Waals surface area contributed by atoms with Crippen LogP contribution in [-0.2, 0) is 20.0 Å². The van der Waals surface area contributed by atoms with E-state index in [4.69, 9.17) is 17.0 Å². The average Bonchev–Trinajstić information content (AvgIpc) is 2.58. The Morgan fingerprint density at radius 3 is 2.64 bits per heavy atom. The zero-order valence-electron chi connectivity index (χ0n) is 14.0. The number of amides is 1. The van der Waals surface area contributed by atoms with Gasteiger partial charge < -0.3 is 15.4 Å². The summed E-state index contributed by atoms with van der Waals surface area (Å²) in [7, 11) is -0.940. The van der Waals surface area contributed by atoms with E-state index in [9.17, 15) is 13.2 Å². The van der Waals surface area contributed by atoms with Crippen molar-refractivity contribution >= 4 is 39.4 Å². The molecule has 10 heteroatoms. The van der Waals surface area contributed by atoms with Gasteiger partial charge in [-0.1, -0.05) is 12.1 Å². The van der Waals surface area contributed by atoms with Gasteiger partial charge in [-0.25, -0.2) is 0 Å². The maximum absolute atomic E-state index is 12.8. The number of aryl methyl sites for hydroxylation is 1. The third-order valence-electron chi connectivity index (χ3n) is 3.84. The van der Waals surface area contributed by atoms with E-state index < -0.39 is 16.5 Å². The molecule has 0 radical (unpaired) electrons. The topological polar surface area (TPSA) is 100 Å². The highest BCUT2D eigenvalue weighted by molar-refractivity contribution is 7.80. The summed E-state index contributed by atoms with van der Waals surface area (Å²) in [5.41, 5.74) is 1.67. The molecule has 1 atom stereocenters. The summed E-state index contributed by atoms with van der Waals surface area (Å²) in [6, 6.07) is 4.54. The minimum absolute atomic E-state index is 0.223. The van der Waals surface area contributed by atoms with Gasteiger partial charge in [-0.15, -0.1) is 4.36 Å². The normalized spacial score (nSPS) is 15.9. The summed E-state index contributed by atoms with van der Waals surface area (Å²) in [4.78, 5) is 14.7. The van der Waals surface area contributed by atoms with Crippen LogP contribution in [0.25, 0.3) is 0 Å². The smallest absolute Gasteiger partial charge is 0.316 e. The number of hydrogen-bond acceptors (Lipinski definition) is 7. The van der Waals surface area contributed by atoms with Gasteiger partial charge in [0.05, 0.1) is 18.9 Å². The molecule has 136 valence electrons. The first-order chi connectivity index (χ1) is 11.9. The first-order valence-corrected chi connectivity index (χ1v) is 9.12. The zero-order chi connectivity index (χ0) is 18.4. The number of nitrogens with zero attached hydrogens (tertiary/aromatic N) is 2. The highest BCUT2D eigenvalue weighted by Gasteiger charge is 2.30. The van der Waals surface area contributed by atoms with Crippen LogP contribution in [0, 0.1) is 6.92 Å². The predicted octanol–water partition coefficient (Wildman–Crippen LogP) is 0.683. The minimum Gasteiger partial charge on any atom is -0.379 e. The van der Waals surface area contributed by atoms with Crippen LogP contribution < -0.4 is 10.6 Å². The number of ether oxygens (including phenoxy) is 1. The monoisotopic (exact) mass is 384 g/mol. The fourth-order valence-corrected chi connectivity index (χ4v) is 3.04. The number of thiocarbonyl (C=S) groups is 1. The van der Waals surface area contributed by atoms with Crippen LogP contribution in [-0.4, -0.2) is 57.7 Å². The Balaban J connectivity index is 2.42. The largest absolute Gasteiger partial charge is 0.379 e. The lowest BCUT2D eigenvalue weighted by atomic mass is 10.0. The molecule has 1 fully saturated rings. The first-order valence-electron chi connectivity index (χ1n) is 7.68. The van der Waals surface area contributed by atoms with Gasteiger partial charge >= 0.3 is 10.5 Å². The molecular weight excluding hydrogens is 364 g/mol. The third kappa shape index (κ3) is 5.30. The second-order valence-electron chi connectivity index (χ2n) is 5.47. The fourth-order valence-electron chi connectivity index (χ4n) is 2.58. The molecule has 1 aliphatic rings. The molecule has 25 heavy (non-hydrogen) atoms. The van der Waals surface area contributed by atoms with E-state index in [1.807, 2.05) is 4.90 Å². The van der Waals surface area contributed by atoms with Crippen molar-refractivity contribution in [1.82, 2.24) is 15.5 Å². The lowest BCUT2D eigenvalue weighted by Gasteiger charge is -2.34. The standard InChI is InChI=1S/C15H20N4O4S2/c1-10-3-4-11(9-12(10)18-25(21)22)13(14(20)17-15(24)16-2)19-5-7-23-8-6-19/h3-4,9,13H,5-8H2,1-2H3,(H2,16,17,20,24). The fraction of sp³-hybridized carbons (Fsp3) is 0.467. The Bertz CT molecular complexity index is 781. The van der Waals surface area contributed by atoms with E-state index in [2.05, 4.69) is 15.0 Å². The van der Waals surface area contributed by atoms with Crippen molar-refractivity contribution in [1.29, 1.82) is 0 Å². The maximum atomic E-state index is 12.8. The molecule has 0 aliphatic carbocycles. The van der Waals surface area contributed by atoms with Gasteiger partial charge in [-0.3, -0.25) is 9.69 Å². The van der Waals surface area contributed by atoms with E-state index in [0.717, 1.165) is 0 Å². The Labute approximate surface area is 153 Å². The quantitative estimate of drug-likeness (QED) is 0.737. The summed E-state index contributed by atoms with van der Waals surface area (Å²) < 4.78 is 30.8. The Kier molecular flexibility index (Phi) is 7.00. The third-order valence-corrected chi connectivity index (χ3v) is 4.50. The predicted molar refractivity (Wildman–Crippen MR) is 97.1 cm³/mol. The van der Waals surface area contributed by atoms with Crippen LogP contribution in [0.4, 0.5) is 5.69 Å². The molecular formula is C15H20N4O4S2. The molecule has 1 aromatic rings. The number of carbonyl (C=O) groups is 1. The van der Waals surface area contributed by atoms with E-state index >= 15 is 0 Å². The summed E-state index contributed by atoms with van der Waals surface area (Å²) >= 11 is 5.02. The van der Waals surface area contributed by atoms with Gasteiger partial charge in [-0.05, 0) is 36.3 Å². The molecule has 0 saturated carbocycles. The number of nitrogens with one attached hydrogen (secondary N) is 2. The summed E-state index contributed by atoms with van der Waals surface area (Å²) in [6.07, 6.45) is 0. The Morgan fingerprint density at radius 2 is 2.04 bits per heavy atom. The van der Waals surface area contributed by atoms with Crippen molar-refractivity contribution < 1.29 is 17.9 Å². The molecule has 1 aliphatic heterocycles. The molecule has 0 aromatic heterocycles. The highest BCUT2D eigenvalue weighted by atomic mass is 32.2. The van der Waals surface area contributed by atoms with Crippen molar-refractivity contribution in [3.05, 3.63) is 29.3 Å². The van der Waals surface area contributed by atoms with Gasteiger partial charge in [0, 0.05) is 20.1 Å². The zero-order valence-corrected chi connectivity index (χ0v) is 15.6. The van der Waals surface area contributed by atoms with Gasteiger partial charge in [0.15, 0.2) is 5.11 Å². The van der Waals surface area contributed by atoms with Gasteiger partial charge in [0.2, 0.25) is 5.91 Å². The molecule has 1 heterocycles. The number of carbonyl (C=O) groups excluding carboxylic acids is 1. The van der Waals surface area contributed by atoms with Crippen LogP contribution in [0.15, 0.2) is 22.6 Å². The second-order valence-corrected chi connectivity index (χ2v) is 6.50. The van der Waals surface area contributed by atoms with Crippen LogP contribution in [0.5, 0.6) is 0 Å². The van der Waals surface area contributed by atoms with Crippen LogP contribution in [0.2, 0.25) is 0 Å². The highest BCUT2D eigenvalue weighted by Crippen LogP contribution is 2.28. The van der Waals surface area contributed by atoms with Crippen molar-refractivity contribution in [3.8, 4) is 0 Å². The molecule has 2 N–H and O–H groups in total. The van der Waals surface area contributed by atoms with Crippen molar-refractivity contribution in [2.45, 2.75) is 13.0 Å². The molecule has 8 nitrogen and oxygen atoms in total. The van der Waals surface area contributed by atoms with Gasteiger partial charge in [-0.2, -0.15) is 8.42 Å². The van der Waals surface area contributed by atoms with Crippen molar-refractivity contribution in [2.75, 3.05) is 33.4 Å². The first kappa shape index (κ1) is 19.4. The van der Waals surface area contributed by atoms with E-state index in [1.54, 1.807) is 32.2 Å². The van der Waals surface area contributed by atoms with Crippen molar-refractivity contribution in [3.63, 3.8) is 0 Å². The molecule has 2 rings (SSSR count). The van der Waals surface area contributed by atoms with Gasteiger partial charge in [0.25, 0.3) is 0 Å². The van der Waals surface area contributed by atoms with Crippen LogP contribution >= 0.6 is 12.2 Å². The summed E-state index contributed by atoms with van der Waals surface area (Å²) in [6.45, 7) is 3.97. The molecule has 0 spiro atoms. The van der Waals surface area contributed by atoms with Crippen molar-refractivity contribution in [2.24, 2.45) is 4.36 Å². The van der Waals surface area contributed by atoms with E-state index in [1.165, 1.54) is 0 Å². The molecule has 1 unspecified atom stereocenters. The van der Waals surface area contributed by atoms with Crippen LogP contribution in [0.1, 0.15) is 17.2 Å². The number of hydrogen-bond donors (Lipinski definition) is 2. The average molecular weight is 384 g/mol. The molecule has 1 amide bonds.